The molecule has 0 N–H and O–H groups in total. The Balaban J connectivity index is 1.46. The van der Waals surface area contributed by atoms with E-state index in [0.29, 0.717) is 0 Å². The van der Waals surface area contributed by atoms with Gasteiger partial charge in [-0.1, -0.05) is 153 Å². The van der Waals surface area contributed by atoms with E-state index in [-0.39, 0.29) is 5.41 Å². The van der Waals surface area contributed by atoms with Crippen molar-refractivity contribution < 1.29 is 0 Å². The van der Waals surface area contributed by atoms with Gasteiger partial charge in [0.25, 0.3) is 0 Å². The van der Waals surface area contributed by atoms with Gasteiger partial charge in [-0.15, -0.1) is 0 Å². The number of benzene rings is 8. The first kappa shape index (κ1) is 27.2. The molecule has 1 heteroatoms. The summed E-state index contributed by atoms with van der Waals surface area (Å²) in [6.45, 7) is 4.76. The highest BCUT2D eigenvalue weighted by Crippen LogP contribution is 2.53. The van der Waals surface area contributed by atoms with Crippen molar-refractivity contribution >= 4 is 43.4 Å². The average molecular weight is 612 g/mol. The lowest BCUT2D eigenvalue weighted by molar-refractivity contribution is 0.645. The Labute approximate surface area is 280 Å². The molecular formula is C47H33N. The van der Waals surface area contributed by atoms with Crippen LogP contribution in [0, 0.1) is 0 Å². The van der Waals surface area contributed by atoms with Crippen LogP contribution >= 0.6 is 0 Å². The number of aromatic nitrogens is 1. The van der Waals surface area contributed by atoms with Gasteiger partial charge in [0, 0.05) is 32.8 Å². The number of fused-ring (bicyclic) bond motifs is 8. The Morgan fingerprint density at radius 1 is 0.417 bits per heavy atom. The van der Waals surface area contributed by atoms with Gasteiger partial charge < -0.3 is 4.57 Å². The summed E-state index contributed by atoms with van der Waals surface area (Å²) in [4.78, 5) is 0. The molecule has 0 amide bonds. The summed E-state index contributed by atoms with van der Waals surface area (Å²) in [5.74, 6) is 0. The lowest BCUT2D eigenvalue weighted by Crippen LogP contribution is -2.23. The van der Waals surface area contributed by atoms with Crippen LogP contribution in [0.5, 0.6) is 0 Å². The van der Waals surface area contributed by atoms with E-state index in [1.54, 1.807) is 0 Å². The van der Waals surface area contributed by atoms with Gasteiger partial charge in [0.15, 0.2) is 0 Å². The zero-order valence-electron chi connectivity index (χ0n) is 27.0. The van der Waals surface area contributed by atoms with Gasteiger partial charge in [-0.05, 0) is 79.4 Å². The second-order valence-corrected chi connectivity index (χ2v) is 13.7. The average Bonchev–Trinajstić information content (AvgIpc) is 3.48. The third-order valence-corrected chi connectivity index (χ3v) is 10.7. The summed E-state index contributed by atoms with van der Waals surface area (Å²) in [7, 11) is 0. The van der Waals surface area contributed by atoms with Crippen LogP contribution < -0.4 is 0 Å². The molecular weight excluding hydrogens is 579 g/mol. The standard InChI is InChI=1S/C47H33N/c1-47(2)41-22-12-11-21-39(41)44-43-33(19-13-23-42(43)47)29-40-38-25-24-32-18-9-10-20-37(32)45(38)48(46(40)44)36-27-34(30-14-5-3-6-15-30)26-35(28-36)31-16-7-4-8-17-31/h3-29H,1-2H3. The number of hydrogen-bond donors (Lipinski definition) is 0. The Morgan fingerprint density at radius 2 is 1.04 bits per heavy atom. The van der Waals surface area contributed by atoms with Crippen LogP contribution in [0.4, 0.5) is 0 Å². The van der Waals surface area contributed by atoms with Crippen LogP contribution in [-0.4, -0.2) is 4.57 Å². The minimum atomic E-state index is -0.117. The Kier molecular flexibility index (Phi) is 5.69. The second kappa shape index (κ2) is 10.0. The Morgan fingerprint density at radius 3 is 1.79 bits per heavy atom. The van der Waals surface area contributed by atoms with Crippen molar-refractivity contribution in [3.63, 3.8) is 0 Å². The van der Waals surface area contributed by atoms with Crippen LogP contribution in [0.1, 0.15) is 25.0 Å². The van der Waals surface area contributed by atoms with E-state index in [1.807, 2.05) is 0 Å². The van der Waals surface area contributed by atoms with E-state index in [2.05, 4.69) is 182 Å². The summed E-state index contributed by atoms with van der Waals surface area (Å²) >= 11 is 0. The first-order valence-corrected chi connectivity index (χ1v) is 16.9. The zero-order valence-corrected chi connectivity index (χ0v) is 27.0. The highest BCUT2D eigenvalue weighted by Gasteiger charge is 2.35. The quantitative estimate of drug-likeness (QED) is 0.187. The molecule has 0 bridgehead atoms. The van der Waals surface area contributed by atoms with Crippen molar-refractivity contribution in [3.8, 4) is 39.1 Å². The maximum absolute atomic E-state index is 2.59. The van der Waals surface area contributed by atoms with Gasteiger partial charge >= 0.3 is 0 Å². The molecule has 0 saturated carbocycles. The van der Waals surface area contributed by atoms with Crippen LogP contribution in [0.3, 0.4) is 0 Å². The van der Waals surface area contributed by atoms with Crippen molar-refractivity contribution in [3.05, 3.63) is 175 Å². The summed E-state index contributed by atoms with van der Waals surface area (Å²) in [5.41, 5.74) is 13.8. The Bertz CT molecular complexity index is 2670. The second-order valence-electron chi connectivity index (χ2n) is 13.7. The SMILES string of the molecule is CC1(C)c2ccccc2-c2c3c1cccc3cc1c3ccc4ccccc4c3n(-c3cc(-c4ccccc4)cc(-c4ccccc4)c3)c21. The maximum atomic E-state index is 2.59. The summed E-state index contributed by atoms with van der Waals surface area (Å²) in [6.07, 6.45) is 0. The molecule has 0 radical (unpaired) electrons. The first-order chi connectivity index (χ1) is 23.6. The van der Waals surface area contributed by atoms with Crippen molar-refractivity contribution in [2.45, 2.75) is 19.3 Å². The molecule has 1 nitrogen and oxygen atoms in total. The van der Waals surface area contributed by atoms with Crippen LogP contribution in [-0.2, 0) is 5.41 Å². The van der Waals surface area contributed by atoms with Gasteiger partial charge in [0.05, 0.1) is 11.0 Å². The lowest BCUT2D eigenvalue weighted by atomic mass is 9.68. The molecule has 0 unspecified atom stereocenters. The van der Waals surface area contributed by atoms with Crippen molar-refractivity contribution in [1.82, 2.24) is 4.57 Å². The zero-order chi connectivity index (χ0) is 32.0. The first-order valence-electron chi connectivity index (χ1n) is 16.9. The Hall–Kier alpha value is -5.92. The van der Waals surface area contributed by atoms with Gasteiger partial charge in [-0.3, -0.25) is 0 Å². The largest absolute Gasteiger partial charge is 0.308 e. The van der Waals surface area contributed by atoms with Gasteiger partial charge in [-0.25, -0.2) is 0 Å². The minimum Gasteiger partial charge on any atom is -0.308 e. The fraction of sp³-hybridized carbons (Fsp3) is 0.0638. The van der Waals surface area contributed by atoms with E-state index in [4.69, 9.17) is 0 Å². The minimum absolute atomic E-state index is 0.117. The van der Waals surface area contributed by atoms with Crippen LogP contribution in [0.2, 0.25) is 0 Å². The topological polar surface area (TPSA) is 4.93 Å². The smallest absolute Gasteiger partial charge is 0.0626 e. The number of hydrogen-bond acceptors (Lipinski definition) is 0. The fourth-order valence-electron chi connectivity index (χ4n) is 8.48. The molecule has 10 rings (SSSR count). The van der Waals surface area contributed by atoms with Gasteiger partial charge in [0.2, 0.25) is 0 Å². The summed E-state index contributed by atoms with van der Waals surface area (Å²) in [6, 6.07) is 60.7. The molecule has 0 fully saturated rings. The van der Waals surface area contributed by atoms with Crippen molar-refractivity contribution in [2.24, 2.45) is 0 Å². The van der Waals surface area contributed by atoms with Crippen LogP contribution in [0.25, 0.3) is 82.4 Å². The molecule has 0 saturated heterocycles. The van der Waals surface area contributed by atoms with E-state index >= 15 is 0 Å². The molecule has 0 atom stereocenters. The summed E-state index contributed by atoms with van der Waals surface area (Å²) < 4.78 is 2.59. The highest BCUT2D eigenvalue weighted by molar-refractivity contribution is 6.26. The third-order valence-electron chi connectivity index (χ3n) is 10.7. The summed E-state index contributed by atoms with van der Waals surface area (Å²) in [5, 5.41) is 7.74. The molecule has 1 aromatic heterocycles. The fourth-order valence-corrected chi connectivity index (χ4v) is 8.48. The molecule has 9 aromatic rings. The highest BCUT2D eigenvalue weighted by atomic mass is 15.0. The predicted octanol–water partition coefficient (Wildman–Crippen LogP) is 12.7. The molecule has 48 heavy (non-hydrogen) atoms. The van der Waals surface area contributed by atoms with Crippen molar-refractivity contribution in [2.75, 3.05) is 0 Å². The van der Waals surface area contributed by atoms with E-state index in [9.17, 15) is 0 Å². The number of rotatable bonds is 3. The molecule has 1 heterocycles. The molecule has 8 aromatic carbocycles. The van der Waals surface area contributed by atoms with Crippen molar-refractivity contribution in [1.29, 1.82) is 0 Å². The molecule has 1 aliphatic carbocycles. The molecule has 226 valence electrons. The van der Waals surface area contributed by atoms with Gasteiger partial charge in [0.1, 0.15) is 0 Å². The maximum Gasteiger partial charge on any atom is 0.0626 e. The van der Waals surface area contributed by atoms with E-state index in [0.717, 1.165) is 0 Å². The molecule has 0 spiro atoms. The van der Waals surface area contributed by atoms with E-state index < -0.39 is 0 Å². The van der Waals surface area contributed by atoms with Crippen LogP contribution in [0.15, 0.2) is 164 Å². The van der Waals surface area contributed by atoms with E-state index in [1.165, 1.54) is 93.5 Å². The normalized spacial score (nSPS) is 13.4. The molecule has 1 aliphatic rings. The monoisotopic (exact) mass is 611 g/mol. The predicted molar refractivity (Wildman–Crippen MR) is 204 cm³/mol. The third kappa shape index (κ3) is 3.79. The van der Waals surface area contributed by atoms with Gasteiger partial charge in [-0.2, -0.15) is 0 Å². The molecule has 0 aliphatic heterocycles. The number of nitrogens with zero attached hydrogens (tertiary/aromatic N) is 1. The lowest BCUT2D eigenvalue weighted by Gasteiger charge is -2.35.